The first kappa shape index (κ1) is 29.8. The number of carboxylic acids is 2. The van der Waals surface area contributed by atoms with Crippen molar-refractivity contribution in [2.45, 2.75) is 64.1 Å². The molecule has 4 N–H and O–H groups in total. The second-order valence-electron chi connectivity index (χ2n) is 11.5. The number of anilines is 1. The number of aryl methyl sites for hydroxylation is 2. The third-order valence-corrected chi connectivity index (χ3v) is 10.0. The van der Waals surface area contributed by atoms with Crippen molar-refractivity contribution in [2.75, 3.05) is 11.9 Å². The van der Waals surface area contributed by atoms with Crippen LogP contribution in [-0.4, -0.2) is 78.9 Å². The molecule has 3 aliphatic heterocycles. The number of fused-ring (bicyclic) bond motifs is 1. The van der Waals surface area contributed by atoms with Gasteiger partial charge in [0.05, 0.1) is 29.7 Å². The maximum absolute atomic E-state index is 13.6. The summed E-state index contributed by atoms with van der Waals surface area (Å²) in [6.07, 6.45) is -0.449. The Bertz CT molecular complexity index is 1490. The molecule has 5 rings (SSSR count). The zero-order chi connectivity index (χ0) is 30.5. The summed E-state index contributed by atoms with van der Waals surface area (Å²) in [6, 6.07) is 11.3. The summed E-state index contributed by atoms with van der Waals surface area (Å²) in [6.45, 7) is 8.50. The quantitative estimate of drug-likeness (QED) is 0.321. The Balaban J connectivity index is 1.41. The summed E-state index contributed by atoms with van der Waals surface area (Å²) in [5, 5.41) is 32.3. The van der Waals surface area contributed by atoms with E-state index in [0.717, 1.165) is 16.7 Å². The van der Waals surface area contributed by atoms with Gasteiger partial charge in [-0.2, -0.15) is 0 Å². The number of carboxylic acid groups (broad SMARTS) is 2. The molecular formula is C31H35N3O7S. The SMILES string of the molecule is Cc1ccc(CN2C[C@@H](SC3=C(C(=O)O)N4C(=O)[C@H]([C@@H](C)O)[C@H]4[C@H]3C)C[C@H]2C(=O)Nc2cccc(C(=O)O)c2)c(C)c1. The van der Waals surface area contributed by atoms with Crippen molar-refractivity contribution in [1.29, 1.82) is 0 Å². The highest BCUT2D eigenvalue weighted by molar-refractivity contribution is 8.03. The lowest BCUT2D eigenvalue weighted by atomic mass is 9.79. The van der Waals surface area contributed by atoms with E-state index >= 15 is 0 Å². The maximum atomic E-state index is 13.6. The van der Waals surface area contributed by atoms with Crippen LogP contribution in [-0.2, 0) is 20.9 Å². The van der Waals surface area contributed by atoms with Crippen LogP contribution >= 0.6 is 11.8 Å². The first-order valence-corrected chi connectivity index (χ1v) is 14.8. The lowest BCUT2D eigenvalue weighted by Crippen LogP contribution is -2.63. The van der Waals surface area contributed by atoms with Crippen molar-refractivity contribution < 1.29 is 34.5 Å². The molecule has 2 aromatic carbocycles. The third kappa shape index (κ3) is 5.44. The summed E-state index contributed by atoms with van der Waals surface area (Å²) in [7, 11) is 0. The molecule has 0 radical (unpaired) electrons. The number of benzene rings is 2. The van der Waals surface area contributed by atoms with Gasteiger partial charge in [-0.1, -0.05) is 36.8 Å². The van der Waals surface area contributed by atoms with E-state index in [1.54, 1.807) is 19.1 Å². The predicted octanol–water partition coefficient (Wildman–Crippen LogP) is 3.47. The van der Waals surface area contributed by atoms with E-state index in [1.165, 1.54) is 28.8 Å². The van der Waals surface area contributed by atoms with E-state index in [2.05, 4.69) is 16.3 Å². The van der Waals surface area contributed by atoms with Gasteiger partial charge >= 0.3 is 11.9 Å². The number of rotatable bonds is 9. The number of carbonyl (C=O) groups excluding carboxylic acids is 2. The van der Waals surface area contributed by atoms with Crippen LogP contribution in [0.15, 0.2) is 53.1 Å². The molecule has 2 fully saturated rings. The number of hydrogen-bond acceptors (Lipinski definition) is 7. The third-order valence-electron chi connectivity index (χ3n) is 8.52. The van der Waals surface area contributed by atoms with Crippen molar-refractivity contribution in [1.82, 2.24) is 9.80 Å². The molecule has 2 saturated heterocycles. The van der Waals surface area contributed by atoms with E-state index < -0.39 is 36.0 Å². The maximum Gasteiger partial charge on any atom is 0.353 e. The van der Waals surface area contributed by atoms with Crippen LogP contribution in [0.5, 0.6) is 0 Å². The smallest absolute Gasteiger partial charge is 0.353 e. The standard InChI is InChI=1S/C31H35N3O7S/c1-15-8-9-20(16(2)10-15)13-33-14-22(12-23(33)28(36)32-21-7-5-6-19(11-21)30(38)39)42-27-17(3)25-24(18(4)35)29(37)34(25)26(27)31(40)41/h5-11,17-18,22-25,35H,12-14H2,1-4H3,(H,32,36)(H,38,39)(H,40,41)/t17-,18-,22+,23+,24-,25-/m1/s1. The highest BCUT2D eigenvalue weighted by atomic mass is 32.2. The van der Waals surface area contributed by atoms with Crippen molar-refractivity contribution in [3.63, 3.8) is 0 Å². The van der Waals surface area contributed by atoms with Gasteiger partial charge in [0.1, 0.15) is 5.70 Å². The monoisotopic (exact) mass is 593 g/mol. The van der Waals surface area contributed by atoms with Crippen LogP contribution in [0.1, 0.15) is 47.3 Å². The molecule has 0 saturated carbocycles. The van der Waals surface area contributed by atoms with Crippen LogP contribution in [0.3, 0.4) is 0 Å². The molecule has 3 aliphatic rings. The predicted molar refractivity (Wildman–Crippen MR) is 158 cm³/mol. The minimum Gasteiger partial charge on any atom is -0.478 e. The van der Waals surface area contributed by atoms with Crippen LogP contribution in [0.2, 0.25) is 0 Å². The summed E-state index contributed by atoms with van der Waals surface area (Å²) in [5.41, 5.74) is 3.74. The highest BCUT2D eigenvalue weighted by Gasteiger charge is 2.60. The van der Waals surface area contributed by atoms with Gasteiger partial charge < -0.3 is 25.5 Å². The molecule has 42 heavy (non-hydrogen) atoms. The number of aliphatic hydroxyl groups is 1. The number of aromatic carboxylic acids is 1. The van der Waals surface area contributed by atoms with Gasteiger partial charge in [0.15, 0.2) is 0 Å². The van der Waals surface area contributed by atoms with E-state index in [0.29, 0.717) is 30.1 Å². The molecule has 10 nitrogen and oxygen atoms in total. The largest absolute Gasteiger partial charge is 0.478 e. The number of likely N-dealkylation sites (tertiary alicyclic amines) is 1. The van der Waals surface area contributed by atoms with E-state index in [-0.39, 0.29) is 34.2 Å². The molecule has 3 heterocycles. The summed E-state index contributed by atoms with van der Waals surface area (Å²) in [5.74, 6) is -3.82. The van der Waals surface area contributed by atoms with Crippen LogP contribution < -0.4 is 5.32 Å². The average molecular weight is 594 g/mol. The van der Waals surface area contributed by atoms with Gasteiger partial charge in [0, 0.05) is 34.8 Å². The van der Waals surface area contributed by atoms with E-state index in [4.69, 9.17) is 0 Å². The molecule has 0 unspecified atom stereocenters. The van der Waals surface area contributed by atoms with Crippen molar-refractivity contribution in [3.05, 3.63) is 75.3 Å². The second kappa shape index (κ2) is 11.5. The Kier molecular flexibility index (Phi) is 8.19. The van der Waals surface area contributed by atoms with Gasteiger partial charge in [0.25, 0.3) is 0 Å². The van der Waals surface area contributed by atoms with E-state index in [9.17, 15) is 34.5 Å². The van der Waals surface area contributed by atoms with Gasteiger partial charge in [-0.3, -0.25) is 14.5 Å². The van der Waals surface area contributed by atoms with E-state index in [1.807, 2.05) is 32.9 Å². The second-order valence-corrected chi connectivity index (χ2v) is 12.8. The lowest BCUT2D eigenvalue weighted by molar-refractivity contribution is -0.163. The van der Waals surface area contributed by atoms with Crippen molar-refractivity contribution >= 4 is 41.2 Å². The molecule has 0 bridgehead atoms. The van der Waals surface area contributed by atoms with Gasteiger partial charge in [-0.25, -0.2) is 9.59 Å². The van der Waals surface area contributed by atoms with Crippen LogP contribution in [0, 0.1) is 25.7 Å². The number of thioether (sulfide) groups is 1. The number of nitrogens with one attached hydrogen (secondary N) is 1. The summed E-state index contributed by atoms with van der Waals surface area (Å²) < 4.78 is 0. The Hall–Kier alpha value is -3.67. The molecule has 0 spiro atoms. The van der Waals surface area contributed by atoms with Crippen molar-refractivity contribution in [2.24, 2.45) is 11.8 Å². The first-order valence-electron chi connectivity index (χ1n) is 14.0. The molecule has 2 amide bonds. The number of nitrogens with zero attached hydrogens (tertiary/aromatic N) is 2. The minimum atomic E-state index is -1.18. The number of aliphatic carboxylic acids is 1. The first-order chi connectivity index (χ1) is 19.9. The molecule has 11 heteroatoms. The molecule has 2 aromatic rings. The molecular weight excluding hydrogens is 558 g/mol. The van der Waals surface area contributed by atoms with Crippen molar-refractivity contribution in [3.8, 4) is 0 Å². The Labute approximate surface area is 248 Å². The normalized spacial score (nSPS) is 26.2. The van der Waals surface area contributed by atoms with Crippen LogP contribution in [0.25, 0.3) is 0 Å². The zero-order valence-corrected chi connectivity index (χ0v) is 24.7. The number of β-lactam (4-membered cyclic amide) rings is 1. The summed E-state index contributed by atoms with van der Waals surface area (Å²) in [4.78, 5) is 54.2. The Morgan fingerprint density at radius 1 is 1.10 bits per heavy atom. The number of aliphatic hydroxyl groups excluding tert-OH is 1. The lowest BCUT2D eigenvalue weighted by Gasteiger charge is -2.46. The summed E-state index contributed by atoms with van der Waals surface area (Å²) >= 11 is 1.40. The fourth-order valence-corrected chi connectivity index (χ4v) is 8.01. The fourth-order valence-electron chi connectivity index (χ4n) is 6.45. The van der Waals surface area contributed by atoms with Gasteiger partial charge in [-0.15, -0.1) is 11.8 Å². The highest BCUT2D eigenvalue weighted by Crippen LogP contribution is 2.52. The molecule has 0 aliphatic carbocycles. The number of hydrogen-bond donors (Lipinski definition) is 4. The molecule has 6 atom stereocenters. The molecule has 0 aromatic heterocycles. The van der Waals surface area contributed by atoms with Gasteiger partial charge in [-0.05, 0) is 56.5 Å². The Morgan fingerprint density at radius 2 is 1.83 bits per heavy atom. The van der Waals surface area contributed by atoms with Gasteiger partial charge in [0.2, 0.25) is 11.8 Å². The van der Waals surface area contributed by atoms with Crippen LogP contribution in [0.4, 0.5) is 5.69 Å². The fraction of sp³-hybridized carbons (Fsp3) is 0.419. The topological polar surface area (TPSA) is 147 Å². The average Bonchev–Trinajstić information content (AvgIpc) is 3.42. The number of carbonyl (C=O) groups is 4. The zero-order valence-electron chi connectivity index (χ0n) is 23.9. The molecule has 222 valence electrons. The Morgan fingerprint density at radius 3 is 2.48 bits per heavy atom. The minimum absolute atomic E-state index is 0.0290. The number of amides is 2.